The molecule has 0 heterocycles. The molecule has 1 atom stereocenters. The van der Waals surface area contributed by atoms with Crippen LogP contribution in [0.4, 0.5) is 4.39 Å². The van der Waals surface area contributed by atoms with E-state index < -0.39 is 16.0 Å². The number of hydrogen-bond acceptors (Lipinski definition) is 2. The van der Waals surface area contributed by atoms with Crippen molar-refractivity contribution in [3.63, 3.8) is 0 Å². The molecule has 2 aromatic rings. The number of ether oxygens (including phenoxy) is 1. The molecule has 0 N–H and O–H groups in total. The summed E-state index contributed by atoms with van der Waals surface area (Å²) >= 11 is 0. The zero-order valence-corrected chi connectivity index (χ0v) is 12.1. The fourth-order valence-electron chi connectivity index (χ4n) is 1.66. The van der Waals surface area contributed by atoms with Gasteiger partial charge in [0.1, 0.15) is 16.5 Å². The lowest BCUT2D eigenvalue weighted by Crippen LogP contribution is -1.92. The van der Waals surface area contributed by atoms with Crippen molar-refractivity contribution in [1.82, 2.24) is 0 Å². The van der Waals surface area contributed by atoms with E-state index in [-0.39, 0.29) is 0 Å². The maximum absolute atomic E-state index is 14.0. The third kappa shape index (κ3) is 3.54. The molecule has 0 aromatic heterocycles. The highest BCUT2D eigenvalue weighted by Crippen LogP contribution is 2.20. The van der Waals surface area contributed by atoms with Crippen LogP contribution in [0.2, 0.25) is 0 Å². The molecule has 4 heteroatoms. The molecule has 0 saturated carbocycles. The molecule has 0 spiro atoms. The van der Waals surface area contributed by atoms with E-state index >= 15 is 0 Å². The zero-order valence-electron chi connectivity index (χ0n) is 11.3. The summed E-state index contributed by atoms with van der Waals surface area (Å²) in [5, 5.41) is -0.668. The first-order valence-corrected chi connectivity index (χ1v) is 7.25. The van der Waals surface area contributed by atoms with E-state index in [0.717, 1.165) is 5.56 Å². The first kappa shape index (κ1) is 14.5. The second kappa shape index (κ2) is 6.48. The van der Waals surface area contributed by atoms with Crippen molar-refractivity contribution in [2.75, 3.05) is 7.11 Å². The maximum Gasteiger partial charge on any atom is 0.192 e. The Hall–Kier alpha value is -1.94. The lowest BCUT2D eigenvalue weighted by atomic mass is 10.2. The van der Waals surface area contributed by atoms with Crippen LogP contribution >= 0.6 is 0 Å². The number of hydrogen-bond donors (Lipinski definition) is 0. The van der Waals surface area contributed by atoms with Crippen LogP contribution in [0.25, 0.3) is 6.08 Å². The lowest BCUT2D eigenvalue weighted by Gasteiger charge is -2.02. The third-order valence-corrected chi connectivity index (χ3v) is 3.98. The van der Waals surface area contributed by atoms with Crippen LogP contribution in [0.1, 0.15) is 11.1 Å². The molecule has 1 unspecified atom stereocenters. The van der Waals surface area contributed by atoms with Crippen molar-refractivity contribution < 1.29 is 13.3 Å². The Morgan fingerprint density at radius 1 is 1.10 bits per heavy atom. The molecule has 0 aliphatic rings. The minimum absolute atomic E-state index is 0.456. The second-order valence-electron chi connectivity index (χ2n) is 4.30. The summed E-state index contributed by atoms with van der Waals surface area (Å²) in [4.78, 5) is 0.456. The smallest absolute Gasteiger partial charge is 0.192 e. The van der Waals surface area contributed by atoms with Crippen LogP contribution in [-0.4, -0.2) is 11.3 Å². The van der Waals surface area contributed by atoms with Gasteiger partial charge >= 0.3 is 0 Å². The predicted octanol–water partition coefficient (Wildman–Crippen LogP) is 4.08. The van der Waals surface area contributed by atoms with E-state index in [0.29, 0.717) is 16.2 Å². The number of halogens is 1. The normalized spacial score (nSPS) is 13.1. The quantitative estimate of drug-likeness (QED) is 0.848. The Balaban J connectivity index is 2.20. The molecule has 0 aliphatic heterocycles. The molecule has 0 fully saturated rings. The number of rotatable bonds is 4. The Labute approximate surface area is 120 Å². The minimum atomic E-state index is -1.78. The van der Waals surface area contributed by atoms with Crippen LogP contribution in [0.3, 0.4) is 0 Å². The highest BCUT2D eigenvalue weighted by atomic mass is 32.2. The lowest BCUT2D eigenvalue weighted by molar-refractivity contribution is 0.415. The van der Waals surface area contributed by atoms with Crippen LogP contribution in [0.5, 0.6) is 5.75 Å². The molecule has 20 heavy (non-hydrogen) atoms. The SMILES string of the molecule is COc1ccc(/C=C(\F)S(=O)c2ccc(C)cc2)cc1. The standard InChI is InChI=1S/C16H15FO2S/c1-12-3-9-15(10-4-12)20(18)16(17)11-13-5-7-14(19-2)8-6-13/h3-11H,1-2H3/b16-11+. The van der Waals surface area contributed by atoms with Gasteiger partial charge in [0.2, 0.25) is 0 Å². The minimum Gasteiger partial charge on any atom is -0.497 e. The van der Waals surface area contributed by atoms with Gasteiger partial charge < -0.3 is 4.74 Å². The van der Waals surface area contributed by atoms with Gasteiger partial charge in [0.15, 0.2) is 5.16 Å². The zero-order chi connectivity index (χ0) is 14.5. The van der Waals surface area contributed by atoms with Gasteiger partial charge in [-0.1, -0.05) is 29.8 Å². The highest BCUT2D eigenvalue weighted by molar-refractivity contribution is 7.89. The van der Waals surface area contributed by atoms with Gasteiger partial charge in [0, 0.05) is 4.90 Å². The summed E-state index contributed by atoms with van der Waals surface area (Å²) in [6, 6.07) is 13.9. The molecule has 2 rings (SSSR count). The highest BCUT2D eigenvalue weighted by Gasteiger charge is 2.09. The van der Waals surface area contributed by atoms with E-state index in [1.54, 1.807) is 43.5 Å². The van der Waals surface area contributed by atoms with Crippen molar-refractivity contribution in [2.45, 2.75) is 11.8 Å². The molecule has 0 amide bonds. The monoisotopic (exact) mass is 290 g/mol. The predicted molar refractivity (Wildman–Crippen MR) is 79.7 cm³/mol. The van der Waals surface area contributed by atoms with Crippen LogP contribution < -0.4 is 4.74 Å². The summed E-state index contributed by atoms with van der Waals surface area (Å²) in [5.74, 6) is 0.696. The van der Waals surface area contributed by atoms with Crippen molar-refractivity contribution in [2.24, 2.45) is 0 Å². The summed E-state index contributed by atoms with van der Waals surface area (Å²) in [7, 11) is -0.214. The van der Waals surface area contributed by atoms with Crippen LogP contribution in [0, 0.1) is 6.92 Å². The van der Waals surface area contributed by atoms with Gasteiger partial charge in [0.25, 0.3) is 0 Å². The Morgan fingerprint density at radius 2 is 1.70 bits per heavy atom. The fourth-order valence-corrected chi connectivity index (χ4v) is 2.51. The van der Waals surface area contributed by atoms with Crippen molar-refractivity contribution >= 4 is 16.9 Å². The number of methoxy groups -OCH3 is 1. The summed E-state index contributed by atoms with van der Waals surface area (Å²) < 4.78 is 31.0. The molecule has 0 saturated heterocycles. The first-order chi connectivity index (χ1) is 9.60. The average Bonchev–Trinajstić information content (AvgIpc) is 2.48. The van der Waals surface area contributed by atoms with Gasteiger partial charge in [-0.25, -0.2) is 4.21 Å². The van der Waals surface area contributed by atoms with E-state index in [4.69, 9.17) is 4.74 Å². The molecule has 0 bridgehead atoms. The van der Waals surface area contributed by atoms with Crippen molar-refractivity contribution in [3.8, 4) is 5.75 Å². The third-order valence-electron chi connectivity index (χ3n) is 2.81. The van der Waals surface area contributed by atoms with E-state index in [2.05, 4.69) is 0 Å². The van der Waals surface area contributed by atoms with Gasteiger partial charge in [-0.2, -0.15) is 4.39 Å². The summed E-state index contributed by atoms with van der Waals surface area (Å²) in [5.41, 5.74) is 1.69. The largest absolute Gasteiger partial charge is 0.497 e. The van der Waals surface area contributed by atoms with Gasteiger partial charge in [-0.3, -0.25) is 0 Å². The van der Waals surface area contributed by atoms with Gasteiger partial charge in [-0.15, -0.1) is 0 Å². The molecule has 2 aromatic carbocycles. The van der Waals surface area contributed by atoms with Crippen LogP contribution in [0.15, 0.2) is 58.6 Å². The Kier molecular flexibility index (Phi) is 4.69. The average molecular weight is 290 g/mol. The van der Waals surface area contributed by atoms with Crippen LogP contribution in [-0.2, 0) is 10.8 Å². The van der Waals surface area contributed by atoms with Gasteiger partial charge in [-0.05, 0) is 42.8 Å². The molecule has 104 valence electrons. The molecular formula is C16H15FO2S. The Bertz CT molecular complexity index is 631. The first-order valence-electron chi connectivity index (χ1n) is 6.10. The summed E-state index contributed by atoms with van der Waals surface area (Å²) in [6.07, 6.45) is 1.27. The van der Waals surface area contributed by atoms with Gasteiger partial charge in [0.05, 0.1) is 7.11 Å². The molecular weight excluding hydrogens is 275 g/mol. The maximum atomic E-state index is 14.0. The number of aryl methyl sites for hydroxylation is 1. The van der Waals surface area contributed by atoms with E-state index in [1.807, 2.05) is 19.1 Å². The Morgan fingerprint density at radius 3 is 2.25 bits per heavy atom. The molecule has 0 radical (unpaired) electrons. The molecule has 0 aliphatic carbocycles. The van der Waals surface area contributed by atoms with E-state index in [9.17, 15) is 8.60 Å². The van der Waals surface area contributed by atoms with Crippen molar-refractivity contribution in [3.05, 3.63) is 64.8 Å². The van der Waals surface area contributed by atoms with E-state index in [1.165, 1.54) is 6.08 Å². The number of benzene rings is 2. The molecule has 2 nitrogen and oxygen atoms in total. The van der Waals surface area contributed by atoms with Crippen molar-refractivity contribution in [1.29, 1.82) is 0 Å². The fraction of sp³-hybridized carbons (Fsp3) is 0.125. The second-order valence-corrected chi connectivity index (χ2v) is 5.70. The topological polar surface area (TPSA) is 26.3 Å². The summed E-state index contributed by atoms with van der Waals surface area (Å²) in [6.45, 7) is 1.93.